The van der Waals surface area contributed by atoms with Gasteiger partial charge in [-0.2, -0.15) is 0 Å². The first-order chi connectivity index (χ1) is 7.27. The van der Waals surface area contributed by atoms with Crippen LogP contribution in [0.1, 0.15) is 34.6 Å². The van der Waals surface area contributed by atoms with Crippen LogP contribution in [-0.2, 0) is 0 Å². The minimum atomic E-state index is 0.114. The van der Waals surface area contributed by atoms with Gasteiger partial charge in [0.2, 0.25) is 0 Å². The van der Waals surface area contributed by atoms with Crippen molar-refractivity contribution in [1.82, 2.24) is 4.90 Å². The summed E-state index contributed by atoms with van der Waals surface area (Å²) in [5.41, 5.74) is 5.04. The van der Waals surface area contributed by atoms with Crippen molar-refractivity contribution in [1.29, 1.82) is 0 Å². The van der Waals surface area contributed by atoms with Crippen LogP contribution in [0.25, 0.3) is 0 Å². The highest BCUT2D eigenvalue weighted by molar-refractivity contribution is 5.51. The summed E-state index contributed by atoms with van der Waals surface area (Å²) < 4.78 is 0. The minimum Gasteiger partial charge on any atom is -0.362 e. The van der Waals surface area contributed by atoms with E-state index in [1.165, 1.54) is 16.7 Å². The van der Waals surface area contributed by atoms with E-state index in [2.05, 4.69) is 58.8 Å². The van der Waals surface area contributed by atoms with Gasteiger partial charge in [0.1, 0.15) is 0 Å². The molecule has 16 heavy (non-hydrogen) atoms. The van der Waals surface area contributed by atoms with E-state index in [9.17, 15) is 0 Å². The molecule has 0 aromatic rings. The molecule has 0 aromatic heterocycles. The van der Waals surface area contributed by atoms with Gasteiger partial charge >= 0.3 is 0 Å². The molecule has 0 atom stereocenters. The van der Waals surface area contributed by atoms with Crippen LogP contribution in [0.4, 0.5) is 0 Å². The van der Waals surface area contributed by atoms with E-state index in [1.807, 2.05) is 6.08 Å². The lowest BCUT2D eigenvalue weighted by Gasteiger charge is -2.35. The summed E-state index contributed by atoms with van der Waals surface area (Å²) in [6.07, 6.45) is 4.15. The van der Waals surface area contributed by atoms with Crippen molar-refractivity contribution in [2.45, 2.75) is 40.2 Å². The molecule has 1 aliphatic heterocycles. The smallest absolute Gasteiger partial charge is 0.0441 e. The lowest BCUT2D eigenvalue weighted by atomic mass is 10.1. The van der Waals surface area contributed by atoms with Crippen molar-refractivity contribution in [3.05, 3.63) is 47.7 Å². The third-order valence-electron chi connectivity index (χ3n) is 2.79. The van der Waals surface area contributed by atoms with E-state index in [-0.39, 0.29) is 5.54 Å². The Morgan fingerprint density at radius 2 is 1.88 bits per heavy atom. The third-order valence-corrected chi connectivity index (χ3v) is 2.79. The van der Waals surface area contributed by atoms with Crippen molar-refractivity contribution >= 4 is 0 Å². The summed E-state index contributed by atoms with van der Waals surface area (Å²) in [7, 11) is 0. The van der Waals surface area contributed by atoms with Gasteiger partial charge in [-0.25, -0.2) is 0 Å². The number of hydrogen-bond donors (Lipinski definition) is 0. The maximum atomic E-state index is 4.18. The van der Waals surface area contributed by atoms with Gasteiger partial charge in [-0.3, -0.25) is 0 Å². The molecule has 0 unspecified atom stereocenters. The molecule has 1 rings (SSSR count). The first-order valence-corrected chi connectivity index (χ1v) is 5.74. The zero-order valence-corrected chi connectivity index (χ0v) is 11.2. The van der Waals surface area contributed by atoms with E-state index in [0.29, 0.717) is 0 Å². The molecular weight excluding hydrogens is 194 g/mol. The molecule has 0 aromatic carbocycles. The predicted molar refractivity (Wildman–Crippen MR) is 72.3 cm³/mol. The van der Waals surface area contributed by atoms with E-state index in [4.69, 9.17) is 0 Å². The van der Waals surface area contributed by atoms with Crippen LogP contribution in [0.3, 0.4) is 0 Å². The van der Waals surface area contributed by atoms with Crippen molar-refractivity contribution in [2.75, 3.05) is 6.54 Å². The van der Waals surface area contributed by atoms with E-state index in [0.717, 1.165) is 12.2 Å². The number of hydrogen-bond acceptors (Lipinski definition) is 1. The zero-order chi connectivity index (χ0) is 12.5. The fourth-order valence-electron chi connectivity index (χ4n) is 2.04. The Morgan fingerprint density at radius 3 is 2.25 bits per heavy atom. The Hall–Kier alpha value is -1.24. The molecule has 1 nitrogen and oxygen atoms in total. The first kappa shape index (κ1) is 12.8. The summed E-state index contributed by atoms with van der Waals surface area (Å²) in [4.78, 5) is 2.33. The summed E-state index contributed by atoms with van der Waals surface area (Å²) in [5.74, 6) is 0. The van der Waals surface area contributed by atoms with Crippen LogP contribution >= 0.6 is 0 Å². The van der Waals surface area contributed by atoms with Crippen molar-refractivity contribution in [2.24, 2.45) is 0 Å². The number of rotatable bonds is 2. The maximum Gasteiger partial charge on any atom is 0.0441 e. The van der Waals surface area contributed by atoms with Gasteiger partial charge in [-0.1, -0.05) is 30.9 Å². The quantitative estimate of drug-likeness (QED) is 0.674. The third kappa shape index (κ3) is 2.46. The second-order valence-corrected chi connectivity index (χ2v) is 5.57. The molecule has 0 saturated heterocycles. The number of allylic oxidation sites excluding steroid dienone is 2. The normalized spacial score (nSPS) is 16.8. The molecule has 88 valence electrons. The van der Waals surface area contributed by atoms with Crippen LogP contribution in [0, 0.1) is 0 Å². The SMILES string of the molecule is C=CC1=C(C=C(C)C)CN(C(C)(C)C)C1=C. The molecule has 1 heteroatoms. The fraction of sp³-hybridized carbons (Fsp3) is 0.467. The standard InChI is InChI=1S/C15H23N/c1-8-14-12(4)16(15(5,6)7)10-13(14)9-11(2)3/h8-9H,1,4,10H2,2-3,5-7H3. The average Bonchev–Trinajstić information content (AvgIpc) is 2.40. The van der Waals surface area contributed by atoms with Gasteiger partial charge in [0.25, 0.3) is 0 Å². The lowest BCUT2D eigenvalue weighted by Crippen LogP contribution is -2.38. The molecule has 0 amide bonds. The minimum absolute atomic E-state index is 0.114. The summed E-state index contributed by atoms with van der Waals surface area (Å²) >= 11 is 0. The monoisotopic (exact) mass is 217 g/mol. The second-order valence-electron chi connectivity index (χ2n) is 5.57. The second kappa shape index (κ2) is 4.32. The maximum absolute atomic E-state index is 4.18. The van der Waals surface area contributed by atoms with Gasteiger partial charge in [-0.15, -0.1) is 0 Å². The highest BCUT2D eigenvalue weighted by atomic mass is 15.2. The molecule has 0 radical (unpaired) electrons. The van der Waals surface area contributed by atoms with Gasteiger partial charge in [0, 0.05) is 23.4 Å². The van der Waals surface area contributed by atoms with Gasteiger partial charge in [0.05, 0.1) is 0 Å². The van der Waals surface area contributed by atoms with Crippen molar-refractivity contribution < 1.29 is 0 Å². The van der Waals surface area contributed by atoms with E-state index >= 15 is 0 Å². The average molecular weight is 217 g/mol. The van der Waals surface area contributed by atoms with Gasteiger partial charge in [0.15, 0.2) is 0 Å². The molecule has 0 N–H and O–H groups in total. The van der Waals surface area contributed by atoms with Crippen molar-refractivity contribution in [3.8, 4) is 0 Å². The molecule has 0 spiro atoms. The Balaban J connectivity index is 3.10. The first-order valence-electron chi connectivity index (χ1n) is 5.74. The highest BCUT2D eigenvalue weighted by Crippen LogP contribution is 2.34. The zero-order valence-electron chi connectivity index (χ0n) is 11.2. The lowest BCUT2D eigenvalue weighted by molar-refractivity contribution is 0.218. The molecule has 1 aliphatic rings. The van der Waals surface area contributed by atoms with Crippen LogP contribution in [-0.4, -0.2) is 17.0 Å². The topological polar surface area (TPSA) is 3.24 Å². The Morgan fingerprint density at radius 1 is 1.31 bits per heavy atom. The summed E-state index contributed by atoms with van der Waals surface area (Å²) in [6, 6.07) is 0. The van der Waals surface area contributed by atoms with Gasteiger partial charge in [-0.05, 0) is 40.2 Å². The van der Waals surface area contributed by atoms with E-state index < -0.39 is 0 Å². The largest absolute Gasteiger partial charge is 0.362 e. The van der Waals surface area contributed by atoms with Crippen molar-refractivity contribution in [3.63, 3.8) is 0 Å². The molecular formula is C15H23N. The Kier molecular flexibility index (Phi) is 3.47. The number of nitrogens with zero attached hydrogens (tertiary/aromatic N) is 1. The fourth-order valence-corrected chi connectivity index (χ4v) is 2.04. The summed E-state index contributed by atoms with van der Waals surface area (Å²) in [5, 5.41) is 0. The molecule has 0 saturated carbocycles. The molecule has 1 heterocycles. The Labute approximate surface area is 99.8 Å². The predicted octanol–water partition coefficient (Wildman–Crippen LogP) is 4.06. The summed E-state index contributed by atoms with van der Waals surface area (Å²) in [6.45, 7) is 19.9. The van der Waals surface area contributed by atoms with Crippen LogP contribution in [0.2, 0.25) is 0 Å². The molecule has 0 bridgehead atoms. The van der Waals surface area contributed by atoms with Crippen LogP contribution in [0.15, 0.2) is 47.7 Å². The van der Waals surface area contributed by atoms with Crippen LogP contribution in [0.5, 0.6) is 0 Å². The van der Waals surface area contributed by atoms with E-state index in [1.54, 1.807) is 0 Å². The molecule has 0 aliphatic carbocycles. The van der Waals surface area contributed by atoms with Crippen LogP contribution < -0.4 is 0 Å². The molecule has 0 fully saturated rings. The Bertz CT molecular complexity index is 371. The van der Waals surface area contributed by atoms with Gasteiger partial charge < -0.3 is 4.90 Å². The highest BCUT2D eigenvalue weighted by Gasteiger charge is 2.30.